The number of hydrogen-bond acceptors (Lipinski definition) is 7. The van der Waals surface area contributed by atoms with Gasteiger partial charge in [0.1, 0.15) is 5.82 Å². The monoisotopic (exact) mass is 305 g/mol. The summed E-state index contributed by atoms with van der Waals surface area (Å²) in [6, 6.07) is 5.67. The van der Waals surface area contributed by atoms with Crippen LogP contribution in [0, 0.1) is 0 Å². The highest BCUT2D eigenvalue weighted by Gasteiger charge is 2.14. The average Bonchev–Trinajstić information content (AvgIpc) is 2.53. The van der Waals surface area contributed by atoms with E-state index in [9.17, 15) is 0 Å². The number of hydrogen-bond donors (Lipinski definition) is 1. The normalized spacial score (nSPS) is 10.2. The van der Waals surface area contributed by atoms with Gasteiger partial charge in [0.15, 0.2) is 11.5 Å². The molecular formula is C15H19N3O4. The van der Waals surface area contributed by atoms with Gasteiger partial charge in [-0.3, -0.25) is 0 Å². The minimum atomic E-state index is 0.238. The molecule has 0 aliphatic heterocycles. The highest BCUT2D eigenvalue weighted by molar-refractivity contribution is 5.54. The van der Waals surface area contributed by atoms with Crippen molar-refractivity contribution in [3.63, 3.8) is 0 Å². The zero-order valence-electron chi connectivity index (χ0n) is 13.0. The molecule has 0 bridgehead atoms. The van der Waals surface area contributed by atoms with Gasteiger partial charge in [-0.05, 0) is 17.7 Å². The third-order valence-corrected chi connectivity index (χ3v) is 3.07. The van der Waals surface area contributed by atoms with Gasteiger partial charge in [0, 0.05) is 12.5 Å². The molecule has 1 aromatic carbocycles. The number of benzene rings is 1. The van der Waals surface area contributed by atoms with Crippen LogP contribution in [0.2, 0.25) is 0 Å². The number of aromatic nitrogens is 2. The van der Waals surface area contributed by atoms with E-state index in [-0.39, 0.29) is 6.01 Å². The molecule has 0 radical (unpaired) electrons. The molecule has 2 N–H and O–H groups in total. The second-order valence-corrected chi connectivity index (χ2v) is 4.48. The van der Waals surface area contributed by atoms with Crippen LogP contribution in [0.4, 0.5) is 5.82 Å². The number of nitrogens with two attached hydrogens (primary N) is 1. The summed E-state index contributed by atoms with van der Waals surface area (Å²) < 4.78 is 21.0. The summed E-state index contributed by atoms with van der Waals surface area (Å²) in [4.78, 5) is 8.24. The quantitative estimate of drug-likeness (QED) is 0.868. The molecule has 0 atom stereocenters. The molecule has 2 rings (SSSR count). The molecule has 1 aromatic heterocycles. The van der Waals surface area contributed by atoms with E-state index >= 15 is 0 Å². The van der Waals surface area contributed by atoms with E-state index in [1.54, 1.807) is 27.4 Å². The smallest absolute Gasteiger partial charge is 0.318 e. The molecular weight excluding hydrogens is 286 g/mol. The lowest BCUT2D eigenvalue weighted by molar-refractivity contribution is 0.324. The van der Waals surface area contributed by atoms with Gasteiger partial charge in [0.05, 0.1) is 34.1 Å². The molecule has 0 amide bonds. The van der Waals surface area contributed by atoms with E-state index < -0.39 is 0 Å². The van der Waals surface area contributed by atoms with E-state index in [1.165, 1.54) is 7.11 Å². The van der Waals surface area contributed by atoms with Crippen LogP contribution in [-0.2, 0) is 6.42 Å². The number of ether oxygens (including phenoxy) is 4. The van der Waals surface area contributed by atoms with Gasteiger partial charge in [-0.2, -0.15) is 9.97 Å². The molecule has 0 spiro atoms. The van der Waals surface area contributed by atoms with Crippen molar-refractivity contribution >= 4 is 5.82 Å². The van der Waals surface area contributed by atoms with Crippen LogP contribution in [0.25, 0.3) is 0 Å². The van der Waals surface area contributed by atoms with Crippen LogP contribution in [0.5, 0.6) is 23.3 Å². The first-order valence-electron chi connectivity index (χ1n) is 6.57. The first kappa shape index (κ1) is 15.7. The third kappa shape index (κ3) is 3.30. The highest BCUT2D eigenvalue weighted by Crippen LogP contribution is 2.38. The first-order chi connectivity index (χ1) is 10.6. The number of nitrogen functional groups attached to an aromatic ring is 1. The maximum atomic E-state index is 5.75. The molecule has 0 aliphatic carbocycles. The lowest BCUT2D eigenvalue weighted by atomic mass is 10.1. The summed E-state index contributed by atoms with van der Waals surface area (Å²) in [5.41, 5.74) is 7.42. The SMILES string of the molecule is COc1nc(N)cc(Cc2cc(OC)c(OC)c(OC)c2)n1. The molecule has 1 heterocycles. The van der Waals surface area contributed by atoms with Crippen LogP contribution < -0.4 is 24.7 Å². The standard InChI is InChI=1S/C15H19N3O4/c1-19-11-6-9(7-12(20-2)14(11)21-3)5-10-8-13(16)18-15(17-10)22-4/h6-8H,5H2,1-4H3,(H2,16,17,18). The van der Waals surface area contributed by atoms with Gasteiger partial charge < -0.3 is 24.7 Å². The van der Waals surface area contributed by atoms with Crippen molar-refractivity contribution in [1.82, 2.24) is 9.97 Å². The van der Waals surface area contributed by atoms with Crippen molar-refractivity contribution in [2.75, 3.05) is 34.2 Å². The fourth-order valence-corrected chi connectivity index (χ4v) is 2.12. The molecule has 0 aliphatic rings. The summed E-state index contributed by atoms with van der Waals surface area (Å²) in [5, 5.41) is 0. The Morgan fingerprint density at radius 2 is 1.50 bits per heavy atom. The molecule has 0 unspecified atom stereocenters. The number of anilines is 1. The zero-order chi connectivity index (χ0) is 16.1. The Balaban J connectivity index is 2.39. The molecule has 118 valence electrons. The zero-order valence-corrected chi connectivity index (χ0v) is 13.0. The van der Waals surface area contributed by atoms with E-state index in [4.69, 9.17) is 24.7 Å². The van der Waals surface area contributed by atoms with Crippen molar-refractivity contribution in [1.29, 1.82) is 0 Å². The Morgan fingerprint density at radius 3 is 2.00 bits per heavy atom. The highest BCUT2D eigenvalue weighted by atomic mass is 16.5. The summed E-state index contributed by atoms with van der Waals surface area (Å²) in [5.74, 6) is 2.08. The number of rotatable bonds is 6. The van der Waals surface area contributed by atoms with Crippen molar-refractivity contribution < 1.29 is 18.9 Å². The van der Waals surface area contributed by atoms with E-state index in [0.29, 0.717) is 29.5 Å². The fraction of sp³-hybridized carbons (Fsp3) is 0.333. The molecule has 0 saturated carbocycles. The third-order valence-electron chi connectivity index (χ3n) is 3.07. The molecule has 0 saturated heterocycles. The van der Waals surface area contributed by atoms with Gasteiger partial charge in [0.25, 0.3) is 0 Å². The van der Waals surface area contributed by atoms with Crippen LogP contribution >= 0.6 is 0 Å². The maximum absolute atomic E-state index is 5.75. The summed E-state index contributed by atoms with van der Waals surface area (Å²) in [7, 11) is 6.22. The summed E-state index contributed by atoms with van der Waals surface area (Å²) >= 11 is 0. The average molecular weight is 305 g/mol. The molecule has 0 fully saturated rings. The Kier molecular flexibility index (Phi) is 4.88. The van der Waals surface area contributed by atoms with Crippen LogP contribution in [0.1, 0.15) is 11.3 Å². The summed E-state index contributed by atoms with van der Waals surface area (Å²) in [6.07, 6.45) is 0.528. The Bertz CT molecular complexity index is 636. The second-order valence-electron chi connectivity index (χ2n) is 4.48. The number of methoxy groups -OCH3 is 4. The van der Waals surface area contributed by atoms with Gasteiger partial charge in [-0.15, -0.1) is 0 Å². The van der Waals surface area contributed by atoms with Gasteiger partial charge in [-0.1, -0.05) is 0 Å². The molecule has 7 heteroatoms. The van der Waals surface area contributed by atoms with Crippen LogP contribution in [-0.4, -0.2) is 38.4 Å². The predicted molar refractivity (Wildman–Crippen MR) is 81.9 cm³/mol. The van der Waals surface area contributed by atoms with Crippen LogP contribution in [0.3, 0.4) is 0 Å². The van der Waals surface area contributed by atoms with Gasteiger partial charge >= 0.3 is 6.01 Å². The van der Waals surface area contributed by atoms with Crippen molar-refractivity contribution in [3.8, 4) is 23.3 Å². The fourth-order valence-electron chi connectivity index (χ4n) is 2.12. The minimum Gasteiger partial charge on any atom is -0.493 e. The predicted octanol–water partition coefficient (Wildman–Crippen LogP) is 1.68. The Morgan fingerprint density at radius 1 is 0.864 bits per heavy atom. The maximum Gasteiger partial charge on any atom is 0.318 e. The molecule has 22 heavy (non-hydrogen) atoms. The van der Waals surface area contributed by atoms with Gasteiger partial charge in [-0.25, -0.2) is 0 Å². The minimum absolute atomic E-state index is 0.238. The Labute approximate surface area is 129 Å². The van der Waals surface area contributed by atoms with E-state index in [1.807, 2.05) is 12.1 Å². The lowest BCUT2D eigenvalue weighted by Crippen LogP contribution is -2.02. The molecule has 2 aromatic rings. The topological polar surface area (TPSA) is 88.7 Å². The number of nitrogens with zero attached hydrogens (tertiary/aromatic N) is 2. The van der Waals surface area contributed by atoms with Crippen molar-refractivity contribution in [2.45, 2.75) is 6.42 Å². The van der Waals surface area contributed by atoms with Crippen LogP contribution in [0.15, 0.2) is 18.2 Å². The van der Waals surface area contributed by atoms with E-state index in [0.717, 1.165) is 11.3 Å². The van der Waals surface area contributed by atoms with Crippen molar-refractivity contribution in [3.05, 3.63) is 29.5 Å². The molecule has 7 nitrogen and oxygen atoms in total. The Hall–Kier alpha value is -2.70. The lowest BCUT2D eigenvalue weighted by Gasteiger charge is -2.14. The summed E-state index contributed by atoms with van der Waals surface area (Å²) in [6.45, 7) is 0. The van der Waals surface area contributed by atoms with Crippen molar-refractivity contribution in [2.24, 2.45) is 0 Å². The largest absolute Gasteiger partial charge is 0.493 e. The van der Waals surface area contributed by atoms with E-state index in [2.05, 4.69) is 9.97 Å². The second kappa shape index (κ2) is 6.84. The first-order valence-corrected chi connectivity index (χ1v) is 6.57. The van der Waals surface area contributed by atoms with Gasteiger partial charge in [0.2, 0.25) is 5.75 Å².